The van der Waals surface area contributed by atoms with E-state index in [9.17, 15) is 39.9 Å². The Kier molecular flexibility index (Phi) is 11.5. The van der Waals surface area contributed by atoms with Crippen LogP contribution in [0.4, 0.5) is 5.69 Å². The monoisotopic (exact) mass is 711 g/mol. The van der Waals surface area contributed by atoms with Crippen LogP contribution in [0.3, 0.4) is 0 Å². The number of aliphatic hydroxyl groups is 2. The molecule has 1 amide bonds. The van der Waals surface area contributed by atoms with Crippen LogP contribution >= 0.6 is 0 Å². The number of phenols is 3. The van der Waals surface area contributed by atoms with E-state index in [0.29, 0.717) is 0 Å². The summed E-state index contributed by atoms with van der Waals surface area (Å²) < 4.78 is 23.3. The number of allylic oxidation sites excluding steroid dienone is 2. The van der Waals surface area contributed by atoms with E-state index in [1.165, 1.54) is 60.1 Å². The predicted molar refractivity (Wildman–Crippen MR) is 189 cm³/mol. The number of rotatable bonds is 2. The van der Waals surface area contributed by atoms with Crippen molar-refractivity contribution in [3.8, 4) is 23.0 Å². The first-order chi connectivity index (χ1) is 23.8. The van der Waals surface area contributed by atoms with E-state index in [0.717, 1.165) is 0 Å². The van der Waals surface area contributed by atoms with Gasteiger partial charge in [-0.15, -0.1) is 0 Å². The lowest BCUT2D eigenvalue weighted by Gasteiger charge is -2.38. The minimum Gasteiger partial charge on any atom is -0.507 e. The van der Waals surface area contributed by atoms with Crippen LogP contribution in [-0.4, -0.2) is 80.5 Å². The van der Waals surface area contributed by atoms with E-state index in [1.54, 1.807) is 39.8 Å². The average molecular weight is 712 g/mol. The van der Waals surface area contributed by atoms with Crippen molar-refractivity contribution in [1.82, 2.24) is 0 Å². The van der Waals surface area contributed by atoms with E-state index in [1.807, 2.05) is 0 Å². The third-order valence-corrected chi connectivity index (χ3v) is 10.2. The third-order valence-electron chi connectivity index (χ3n) is 10.2. The highest BCUT2D eigenvalue weighted by Gasteiger charge is 2.49. The number of amides is 1. The molecule has 3 aliphatic rings. The zero-order chi connectivity index (χ0) is 38.3. The van der Waals surface area contributed by atoms with Gasteiger partial charge in [-0.2, -0.15) is 0 Å². The maximum absolute atomic E-state index is 14.0. The van der Waals surface area contributed by atoms with Gasteiger partial charge in [0.15, 0.2) is 5.75 Å². The summed E-state index contributed by atoms with van der Waals surface area (Å²) in [6.45, 7) is 13.9. The van der Waals surface area contributed by atoms with Crippen molar-refractivity contribution in [3.05, 3.63) is 52.8 Å². The lowest BCUT2D eigenvalue weighted by atomic mass is 9.78. The minimum atomic E-state index is -1.99. The molecule has 0 aromatic heterocycles. The first-order valence-electron chi connectivity index (χ1n) is 16.8. The fraction of sp³-hybridized carbons (Fsp3) is 0.500. The quantitative estimate of drug-likeness (QED) is 0.138. The molecule has 3 heterocycles. The van der Waals surface area contributed by atoms with Gasteiger partial charge in [0, 0.05) is 66.7 Å². The molecule has 13 nitrogen and oxygen atoms in total. The van der Waals surface area contributed by atoms with E-state index >= 15 is 0 Å². The van der Waals surface area contributed by atoms with E-state index in [-0.39, 0.29) is 44.5 Å². The number of nitrogens with one attached hydrogen (secondary N) is 1. The third kappa shape index (κ3) is 7.15. The summed E-state index contributed by atoms with van der Waals surface area (Å²) in [6, 6.07) is 0. The fourth-order valence-corrected chi connectivity index (χ4v) is 6.88. The van der Waals surface area contributed by atoms with Gasteiger partial charge < -0.3 is 49.8 Å². The van der Waals surface area contributed by atoms with Gasteiger partial charge in [0.2, 0.25) is 0 Å². The van der Waals surface area contributed by atoms with Gasteiger partial charge in [-0.25, -0.2) is 0 Å². The number of aliphatic hydroxyl groups excluding tert-OH is 2. The average Bonchev–Trinajstić information content (AvgIpc) is 3.35. The number of carbonyl (C=O) groups excluding carboxylic acids is 3. The summed E-state index contributed by atoms with van der Waals surface area (Å²) in [5.41, 5.74) is -0.00793. The second-order valence-electron chi connectivity index (χ2n) is 13.8. The van der Waals surface area contributed by atoms with Gasteiger partial charge in [-0.05, 0) is 26.8 Å². The van der Waals surface area contributed by atoms with Crippen molar-refractivity contribution in [2.24, 2.45) is 23.7 Å². The maximum atomic E-state index is 14.0. The molecule has 0 saturated carbocycles. The zero-order valence-corrected chi connectivity index (χ0v) is 30.6. The lowest BCUT2D eigenvalue weighted by molar-refractivity contribution is -0.160. The van der Waals surface area contributed by atoms with E-state index in [2.05, 4.69) is 5.32 Å². The Hall–Kier alpha value is -4.59. The van der Waals surface area contributed by atoms with Crippen LogP contribution in [-0.2, 0) is 23.8 Å². The number of ether oxygens (including phenoxy) is 4. The Labute approximate surface area is 297 Å². The van der Waals surface area contributed by atoms with Crippen molar-refractivity contribution in [2.75, 3.05) is 12.4 Å². The van der Waals surface area contributed by atoms with E-state index < -0.39 is 88.8 Å². The molecule has 2 aromatic rings. The van der Waals surface area contributed by atoms with Crippen molar-refractivity contribution in [3.63, 3.8) is 0 Å². The molecule has 0 saturated heterocycles. The van der Waals surface area contributed by atoms with Crippen LogP contribution in [0.2, 0.25) is 0 Å². The van der Waals surface area contributed by atoms with Gasteiger partial charge in [-0.1, -0.05) is 45.9 Å². The van der Waals surface area contributed by atoms with Crippen molar-refractivity contribution < 1.29 is 58.9 Å². The van der Waals surface area contributed by atoms with Gasteiger partial charge in [0.25, 0.3) is 11.7 Å². The summed E-state index contributed by atoms with van der Waals surface area (Å²) in [5.74, 6) is -7.92. The number of phenolic OH excluding ortho intramolecular Hbond substituents is 3. The normalized spacial score (nSPS) is 32.8. The molecule has 278 valence electrons. The molecular weight excluding hydrogens is 662 g/mol. The van der Waals surface area contributed by atoms with Crippen molar-refractivity contribution in [1.29, 1.82) is 0 Å². The molecule has 2 aromatic carbocycles. The van der Waals surface area contributed by atoms with Crippen LogP contribution < -0.4 is 10.1 Å². The highest BCUT2D eigenvalue weighted by Crippen LogP contribution is 2.55. The molecule has 0 aliphatic carbocycles. The van der Waals surface area contributed by atoms with Gasteiger partial charge >= 0.3 is 11.8 Å². The highest BCUT2D eigenvalue weighted by molar-refractivity contribution is 6.22. The summed E-state index contributed by atoms with van der Waals surface area (Å²) in [6.07, 6.45) is 3.64. The number of hydrogen-bond donors (Lipinski definition) is 6. The molecule has 3 aliphatic heterocycles. The molecule has 0 radical (unpaired) electrons. The molecule has 0 fully saturated rings. The predicted octanol–water partition coefficient (Wildman–Crippen LogP) is 5.06. The molecule has 0 unspecified atom stereocenters. The molecule has 9 atom stereocenters. The first-order valence-corrected chi connectivity index (χ1v) is 16.8. The number of anilines is 1. The largest absolute Gasteiger partial charge is 0.507 e. The van der Waals surface area contributed by atoms with Crippen molar-refractivity contribution in [2.45, 2.75) is 92.5 Å². The number of carbonyl (C=O) groups is 3. The minimum absolute atomic E-state index is 0.0246. The number of methoxy groups -OCH3 is 1. The second-order valence-corrected chi connectivity index (χ2v) is 13.8. The first kappa shape index (κ1) is 39.2. The smallest absolute Gasteiger partial charge is 0.312 e. The molecular formula is C38H49NO12. The number of esters is 1. The summed E-state index contributed by atoms with van der Waals surface area (Å²) >= 11 is 0. The topological polar surface area (TPSA) is 201 Å². The lowest BCUT2D eigenvalue weighted by Crippen LogP contribution is -2.46. The highest BCUT2D eigenvalue weighted by atomic mass is 16.7. The van der Waals surface area contributed by atoms with Crippen LogP contribution in [0.5, 0.6) is 23.0 Å². The van der Waals surface area contributed by atoms with Crippen LogP contribution in [0.1, 0.15) is 70.0 Å². The fourth-order valence-electron chi connectivity index (χ4n) is 6.88. The number of Topliss-reactive ketones (excluding diaryl/α,β-unsaturated/α-hetero) is 1. The molecule has 13 heteroatoms. The van der Waals surface area contributed by atoms with Crippen molar-refractivity contribution >= 4 is 34.1 Å². The standard InChI is InChI=1S/C38H49NO12/c1-16-12-11-13-17(2)37(47)39-28-19(4)31(43)25-26(33(28)45)32(44)22(7)35-27(25)36(46)38(9,51-35)49-15-14-24(48-10)18(3)34(50-23(8)40)21(6)30(42)20(5)29(16)41/h11-16,18,20-21,24,29-30,34,41-45H,1-10H3,(H,39,47)/b12-11+,15-14+,17-13-/t16-,18+,20+,21+,24-,29-,30+,34+,38-/m0/s1. The van der Waals surface area contributed by atoms with Crippen LogP contribution in [0.25, 0.3) is 10.8 Å². The Morgan fingerprint density at radius 3 is 2.12 bits per heavy atom. The number of ketones is 1. The van der Waals surface area contributed by atoms with Gasteiger partial charge in [0.1, 0.15) is 23.4 Å². The molecule has 6 N–H and O–H groups in total. The summed E-state index contributed by atoms with van der Waals surface area (Å²) in [4.78, 5) is 39.5. The molecule has 0 spiro atoms. The maximum Gasteiger partial charge on any atom is 0.312 e. The number of benzene rings is 2. The Balaban J connectivity index is 1.90. The number of fused-ring (bicyclic) bond motifs is 14. The summed E-state index contributed by atoms with van der Waals surface area (Å²) in [7, 11) is 1.43. The Morgan fingerprint density at radius 1 is 0.882 bits per heavy atom. The van der Waals surface area contributed by atoms with E-state index in [4.69, 9.17) is 18.9 Å². The second kappa shape index (κ2) is 14.9. The number of aromatic hydroxyl groups is 3. The molecule has 5 bridgehead atoms. The molecule has 5 rings (SSSR count). The summed E-state index contributed by atoms with van der Waals surface area (Å²) in [5, 5.41) is 58.9. The Morgan fingerprint density at radius 2 is 1.51 bits per heavy atom. The van der Waals surface area contributed by atoms with Crippen LogP contribution in [0, 0.1) is 37.5 Å². The van der Waals surface area contributed by atoms with Gasteiger partial charge in [-0.3, -0.25) is 14.4 Å². The zero-order valence-electron chi connectivity index (χ0n) is 30.6. The SMILES string of the molecule is CO[C@H]1/C=C/O[C@@]2(C)Oc3c(C)c(O)c4c(O)c(c(C)c(O)c4c3C2=O)NC(=O)/C(C)=C\C=C\[C@H](C)[C@H](O)[C@@H](C)[C@@H](O)[C@@H](C)[C@H](OC(C)=O)[C@@H]1C. The number of hydrogen-bond acceptors (Lipinski definition) is 12. The van der Waals surface area contributed by atoms with Gasteiger partial charge in [0.05, 0.1) is 41.2 Å². The van der Waals surface area contributed by atoms with Crippen LogP contribution in [0.15, 0.2) is 36.1 Å². The Bertz CT molecular complexity index is 1810. The molecule has 51 heavy (non-hydrogen) atoms.